The van der Waals surface area contributed by atoms with E-state index in [1.807, 2.05) is 6.07 Å². The molecule has 0 bridgehead atoms. The topological polar surface area (TPSA) is 99.2 Å². The van der Waals surface area contributed by atoms with E-state index in [9.17, 15) is 15.2 Å². The van der Waals surface area contributed by atoms with Crippen molar-refractivity contribution in [3.8, 4) is 6.07 Å². The molecule has 0 saturated carbocycles. The molecule has 7 heteroatoms. The van der Waals surface area contributed by atoms with Gasteiger partial charge in [-0.25, -0.2) is 0 Å². The van der Waals surface area contributed by atoms with Crippen molar-refractivity contribution in [1.29, 1.82) is 5.26 Å². The van der Waals surface area contributed by atoms with Crippen LogP contribution in [0.15, 0.2) is 42.5 Å². The summed E-state index contributed by atoms with van der Waals surface area (Å²) in [6.45, 7) is 1.58. The molecule has 23 heavy (non-hydrogen) atoms. The highest BCUT2D eigenvalue weighted by molar-refractivity contribution is 6.31. The molecular weight excluding hydrogens is 318 g/mol. The van der Waals surface area contributed by atoms with Crippen LogP contribution in [0.1, 0.15) is 18.1 Å². The summed E-state index contributed by atoms with van der Waals surface area (Å²) in [7, 11) is 0. The smallest absolute Gasteiger partial charge is 0.293 e. The third kappa shape index (κ3) is 3.77. The number of rotatable bonds is 5. The van der Waals surface area contributed by atoms with E-state index in [0.717, 1.165) is 0 Å². The first-order chi connectivity index (χ1) is 10.8. The molecule has 0 aromatic heterocycles. The summed E-state index contributed by atoms with van der Waals surface area (Å²) in [4.78, 5) is 10.5. The first-order valence-corrected chi connectivity index (χ1v) is 7.13. The lowest BCUT2D eigenvalue weighted by molar-refractivity contribution is -0.384. The Morgan fingerprint density at radius 2 is 2.09 bits per heavy atom. The van der Waals surface area contributed by atoms with Crippen LogP contribution in [0.2, 0.25) is 5.02 Å². The zero-order chi connectivity index (χ0) is 17.0. The van der Waals surface area contributed by atoms with Crippen LogP contribution < -0.4 is 5.32 Å². The van der Waals surface area contributed by atoms with Crippen LogP contribution in [0, 0.1) is 21.4 Å². The second kappa shape index (κ2) is 6.65. The SMILES string of the molecule is CC(O)(CNc1ccc(C#N)cc1[N+](=O)[O-])c1ccccc1Cl. The number of hydrogen-bond donors (Lipinski definition) is 2. The van der Waals surface area contributed by atoms with E-state index in [1.54, 1.807) is 31.2 Å². The van der Waals surface area contributed by atoms with E-state index in [1.165, 1.54) is 18.2 Å². The first-order valence-electron chi connectivity index (χ1n) is 6.75. The highest BCUT2D eigenvalue weighted by Gasteiger charge is 2.26. The maximum Gasteiger partial charge on any atom is 0.293 e. The van der Waals surface area contributed by atoms with E-state index in [4.69, 9.17) is 16.9 Å². The predicted octanol–water partition coefficient (Wildman–Crippen LogP) is 3.44. The molecule has 2 aromatic rings. The third-order valence-electron chi connectivity index (χ3n) is 3.40. The van der Waals surface area contributed by atoms with Crippen LogP contribution in [-0.4, -0.2) is 16.6 Å². The monoisotopic (exact) mass is 331 g/mol. The molecule has 0 fully saturated rings. The van der Waals surface area contributed by atoms with E-state index >= 15 is 0 Å². The highest BCUT2D eigenvalue weighted by Crippen LogP contribution is 2.30. The number of hydrogen-bond acceptors (Lipinski definition) is 5. The standard InChI is InChI=1S/C16H14ClN3O3/c1-16(21,12-4-2-3-5-13(12)17)10-19-14-7-6-11(9-18)8-15(14)20(22)23/h2-8,19,21H,10H2,1H3. The summed E-state index contributed by atoms with van der Waals surface area (Å²) >= 11 is 6.08. The van der Waals surface area contributed by atoms with Gasteiger partial charge in [-0.05, 0) is 25.1 Å². The minimum absolute atomic E-state index is 0.0173. The molecule has 2 aromatic carbocycles. The maximum atomic E-state index is 11.1. The largest absolute Gasteiger partial charge is 0.384 e. The van der Waals surface area contributed by atoms with Crippen molar-refractivity contribution in [3.05, 3.63) is 68.7 Å². The van der Waals surface area contributed by atoms with Gasteiger partial charge in [-0.2, -0.15) is 5.26 Å². The van der Waals surface area contributed by atoms with Crippen molar-refractivity contribution in [3.63, 3.8) is 0 Å². The molecule has 118 valence electrons. The van der Waals surface area contributed by atoms with Crippen molar-refractivity contribution < 1.29 is 10.0 Å². The lowest BCUT2D eigenvalue weighted by Gasteiger charge is -2.25. The Hall–Kier alpha value is -2.62. The number of nitriles is 1. The van der Waals surface area contributed by atoms with Crippen LogP contribution in [0.4, 0.5) is 11.4 Å². The zero-order valence-corrected chi connectivity index (χ0v) is 13.0. The second-order valence-corrected chi connectivity index (χ2v) is 5.62. The van der Waals surface area contributed by atoms with Gasteiger partial charge in [-0.1, -0.05) is 29.8 Å². The Morgan fingerprint density at radius 3 is 2.70 bits per heavy atom. The fourth-order valence-corrected chi connectivity index (χ4v) is 2.50. The molecule has 2 rings (SSSR count). The van der Waals surface area contributed by atoms with Gasteiger partial charge in [-0.15, -0.1) is 0 Å². The lowest BCUT2D eigenvalue weighted by atomic mass is 9.96. The predicted molar refractivity (Wildman–Crippen MR) is 87.3 cm³/mol. The molecule has 0 amide bonds. The molecule has 0 heterocycles. The minimum atomic E-state index is -1.32. The average molecular weight is 332 g/mol. The van der Waals surface area contributed by atoms with Crippen molar-refractivity contribution in [2.45, 2.75) is 12.5 Å². The van der Waals surface area contributed by atoms with Crippen molar-refractivity contribution in [1.82, 2.24) is 0 Å². The quantitative estimate of drug-likeness (QED) is 0.645. The molecule has 2 N–H and O–H groups in total. The van der Waals surface area contributed by atoms with Gasteiger partial charge in [0.2, 0.25) is 0 Å². The van der Waals surface area contributed by atoms with Gasteiger partial charge in [0.1, 0.15) is 11.3 Å². The molecular formula is C16H14ClN3O3. The Bertz CT molecular complexity index is 784. The van der Waals surface area contributed by atoms with E-state index in [2.05, 4.69) is 5.32 Å². The first kappa shape index (κ1) is 16.7. The second-order valence-electron chi connectivity index (χ2n) is 5.21. The Balaban J connectivity index is 2.25. The number of anilines is 1. The highest BCUT2D eigenvalue weighted by atomic mass is 35.5. The zero-order valence-electron chi connectivity index (χ0n) is 12.3. The summed E-state index contributed by atoms with van der Waals surface area (Å²) in [6.07, 6.45) is 0. The normalized spacial score (nSPS) is 13.0. The molecule has 1 atom stereocenters. The van der Waals surface area contributed by atoms with Gasteiger partial charge >= 0.3 is 0 Å². The van der Waals surface area contributed by atoms with Gasteiger partial charge in [0, 0.05) is 23.2 Å². The molecule has 0 aliphatic carbocycles. The summed E-state index contributed by atoms with van der Waals surface area (Å²) in [5, 5.41) is 33.8. The maximum absolute atomic E-state index is 11.1. The number of aliphatic hydroxyl groups is 1. The molecule has 1 unspecified atom stereocenters. The minimum Gasteiger partial charge on any atom is -0.384 e. The van der Waals surface area contributed by atoms with E-state index < -0.39 is 10.5 Å². The lowest BCUT2D eigenvalue weighted by Crippen LogP contribution is -2.31. The van der Waals surface area contributed by atoms with Crippen molar-refractivity contribution in [2.75, 3.05) is 11.9 Å². The summed E-state index contributed by atoms with van der Waals surface area (Å²) in [6, 6.07) is 12.8. The summed E-state index contributed by atoms with van der Waals surface area (Å²) in [5.41, 5.74) is -0.606. The van der Waals surface area contributed by atoms with Crippen molar-refractivity contribution in [2.24, 2.45) is 0 Å². The molecule has 0 aliphatic rings. The average Bonchev–Trinajstić information content (AvgIpc) is 2.53. The van der Waals surface area contributed by atoms with E-state index in [-0.39, 0.29) is 23.5 Å². The number of nitro groups is 1. The van der Waals surface area contributed by atoms with Crippen molar-refractivity contribution >= 4 is 23.0 Å². The number of nitro benzene ring substituents is 1. The van der Waals surface area contributed by atoms with Gasteiger partial charge in [0.25, 0.3) is 5.69 Å². The van der Waals surface area contributed by atoms with Crippen LogP contribution in [-0.2, 0) is 5.60 Å². The van der Waals surface area contributed by atoms with Gasteiger partial charge < -0.3 is 10.4 Å². The van der Waals surface area contributed by atoms with Gasteiger partial charge in [0.05, 0.1) is 16.6 Å². The van der Waals surface area contributed by atoms with Gasteiger partial charge in [0.15, 0.2) is 0 Å². The van der Waals surface area contributed by atoms with Crippen LogP contribution >= 0.6 is 11.6 Å². The third-order valence-corrected chi connectivity index (χ3v) is 3.73. The fourth-order valence-electron chi connectivity index (χ4n) is 2.16. The molecule has 0 saturated heterocycles. The molecule has 0 radical (unpaired) electrons. The molecule has 0 spiro atoms. The number of benzene rings is 2. The van der Waals surface area contributed by atoms with Crippen LogP contribution in [0.25, 0.3) is 0 Å². The summed E-state index contributed by atoms with van der Waals surface area (Å²) in [5.74, 6) is 0. The number of nitrogens with zero attached hydrogens (tertiary/aromatic N) is 2. The Morgan fingerprint density at radius 1 is 1.39 bits per heavy atom. The van der Waals surface area contributed by atoms with Crippen LogP contribution in [0.3, 0.4) is 0 Å². The molecule has 6 nitrogen and oxygen atoms in total. The Labute approximate surface area is 138 Å². The molecule has 0 aliphatic heterocycles. The van der Waals surface area contributed by atoms with Gasteiger partial charge in [-0.3, -0.25) is 10.1 Å². The van der Waals surface area contributed by atoms with Crippen LogP contribution in [0.5, 0.6) is 0 Å². The number of halogens is 1. The van der Waals surface area contributed by atoms with E-state index in [0.29, 0.717) is 10.6 Å². The Kier molecular flexibility index (Phi) is 4.84. The number of nitrogens with one attached hydrogen (secondary N) is 1. The summed E-state index contributed by atoms with van der Waals surface area (Å²) < 4.78 is 0. The fraction of sp³-hybridized carbons (Fsp3) is 0.188.